The summed E-state index contributed by atoms with van der Waals surface area (Å²) < 4.78 is 25.4. The third-order valence-electron chi connectivity index (χ3n) is 4.65. The van der Waals surface area contributed by atoms with E-state index in [2.05, 4.69) is 16.4 Å². The zero-order valence-corrected chi connectivity index (χ0v) is 16.7. The van der Waals surface area contributed by atoms with Gasteiger partial charge >= 0.3 is 0 Å². The summed E-state index contributed by atoms with van der Waals surface area (Å²) in [5.74, 6) is -0.151. The van der Waals surface area contributed by atoms with Crippen molar-refractivity contribution >= 4 is 26.8 Å². The molecule has 0 saturated heterocycles. The smallest absolute Gasteiger partial charge is 0.221 e. The van der Waals surface area contributed by atoms with Gasteiger partial charge in [-0.15, -0.1) is 0 Å². The topological polar surface area (TPSA) is 82.3 Å². The minimum Gasteiger partial charge on any atom is -0.361 e. The number of rotatable bonds is 9. The van der Waals surface area contributed by atoms with Gasteiger partial charge in [0.1, 0.15) is 0 Å². The van der Waals surface area contributed by atoms with Crippen molar-refractivity contribution in [1.29, 1.82) is 0 Å². The third kappa shape index (κ3) is 5.43. The van der Waals surface area contributed by atoms with Gasteiger partial charge in [0.25, 0.3) is 0 Å². The Kier molecular flexibility index (Phi) is 6.49. The van der Waals surface area contributed by atoms with Gasteiger partial charge in [-0.2, -0.15) is 4.31 Å². The molecule has 0 aliphatic carbocycles. The second-order valence-corrected chi connectivity index (χ2v) is 8.77. The molecule has 0 spiro atoms. The average molecular weight is 400 g/mol. The summed E-state index contributed by atoms with van der Waals surface area (Å²) >= 11 is 0. The number of para-hydroxylation sites is 1. The lowest BCUT2D eigenvalue weighted by Crippen LogP contribution is -2.34. The molecule has 28 heavy (non-hydrogen) atoms. The van der Waals surface area contributed by atoms with E-state index in [0.717, 1.165) is 28.5 Å². The van der Waals surface area contributed by atoms with Crippen LogP contribution >= 0.6 is 0 Å². The zero-order valence-electron chi connectivity index (χ0n) is 15.9. The van der Waals surface area contributed by atoms with Gasteiger partial charge in [-0.1, -0.05) is 48.5 Å². The van der Waals surface area contributed by atoms with Gasteiger partial charge in [0.15, 0.2) is 0 Å². The summed E-state index contributed by atoms with van der Waals surface area (Å²) in [6.07, 6.45) is 3.98. The molecule has 2 aromatic carbocycles. The van der Waals surface area contributed by atoms with E-state index in [4.69, 9.17) is 0 Å². The van der Waals surface area contributed by atoms with Crippen molar-refractivity contribution in [1.82, 2.24) is 14.6 Å². The fourth-order valence-corrected chi connectivity index (χ4v) is 3.95. The van der Waals surface area contributed by atoms with Crippen LogP contribution in [0.3, 0.4) is 0 Å². The molecule has 0 bridgehead atoms. The van der Waals surface area contributed by atoms with E-state index in [1.807, 2.05) is 54.7 Å². The number of H-pyrrole nitrogens is 1. The number of hydrogen-bond donors (Lipinski definition) is 2. The number of aromatic nitrogens is 1. The number of fused-ring (bicyclic) bond motifs is 1. The Labute approximate surface area is 165 Å². The van der Waals surface area contributed by atoms with Crippen LogP contribution in [-0.4, -0.2) is 43.0 Å². The molecule has 0 aliphatic rings. The van der Waals surface area contributed by atoms with E-state index in [1.54, 1.807) is 0 Å². The number of sulfonamides is 1. The SMILES string of the molecule is CS(=O)(=O)N(CCC(=O)NCCc1c[nH]c2ccccc12)Cc1ccccc1. The van der Waals surface area contributed by atoms with Gasteiger partial charge in [0.2, 0.25) is 15.9 Å². The zero-order chi connectivity index (χ0) is 20.0. The number of nitrogens with one attached hydrogen (secondary N) is 2. The van der Waals surface area contributed by atoms with Crippen LogP contribution in [0.25, 0.3) is 10.9 Å². The summed E-state index contributed by atoms with van der Waals surface area (Å²) in [5.41, 5.74) is 3.12. The predicted molar refractivity (Wildman–Crippen MR) is 111 cm³/mol. The lowest BCUT2D eigenvalue weighted by molar-refractivity contribution is -0.121. The predicted octanol–water partition coefficient (Wildman–Crippen LogP) is 2.68. The number of carbonyl (C=O) groups excluding carboxylic acids is 1. The van der Waals surface area contributed by atoms with E-state index in [1.165, 1.54) is 10.6 Å². The van der Waals surface area contributed by atoms with Crippen LogP contribution in [-0.2, 0) is 27.8 Å². The molecule has 3 aromatic rings. The van der Waals surface area contributed by atoms with Crippen molar-refractivity contribution in [3.8, 4) is 0 Å². The Balaban J connectivity index is 1.49. The van der Waals surface area contributed by atoms with Crippen molar-refractivity contribution in [3.63, 3.8) is 0 Å². The van der Waals surface area contributed by atoms with Crippen LogP contribution < -0.4 is 5.32 Å². The highest BCUT2D eigenvalue weighted by molar-refractivity contribution is 7.88. The minimum absolute atomic E-state index is 0.133. The summed E-state index contributed by atoms with van der Waals surface area (Å²) in [7, 11) is -3.39. The summed E-state index contributed by atoms with van der Waals surface area (Å²) in [4.78, 5) is 15.4. The molecule has 3 rings (SSSR count). The summed E-state index contributed by atoms with van der Waals surface area (Å²) in [5, 5.41) is 4.04. The van der Waals surface area contributed by atoms with Crippen molar-refractivity contribution < 1.29 is 13.2 Å². The van der Waals surface area contributed by atoms with Crippen molar-refractivity contribution in [3.05, 3.63) is 71.9 Å². The first-order valence-electron chi connectivity index (χ1n) is 9.24. The number of benzene rings is 2. The Morgan fingerprint density at radius 3 is 2.54 bits per heavy atom. The standard InChI is InChI=1S/C21H25N3O3S/c1-28(26,27)24(16-17-7-3-2-4-8-17)14-12-21(25)22-13-11-18-15-23-20-10-6-5-9-19(18)20/h2-10,15,23H,11-14,16H2,1H3,(H,22,25). The average Bonchev–Trinajstić information content (AvgIpc) is 3.08. The van der Waals surface area contributed by atoms with Crippen LogP contribution in [0.4, 0.5) is 0 Å². The van der Waals surface area contributed by atoms with Gasteiger partial charge in [0, 0.05) is 43.2 Å². The number of amides is 1. The van der Waals surface area contributed by atoms with Crippen LogP contribution in [0, 0.1) is 0 Å². The summed E-state index contributed by atoms with van der Waals surface area (Å²) in [6.45, 7) is 0.938. The molecule has 0 aliphatic heterocycles. The Morgan fingerprint density at radius 1 is 1.07 bits per heavy atom. The number of carbonyl (C=O) groups is 1. The fraction of sp³-hybridized carbons (Fsp3) is 0.286. The van der Waals surface area contributed by atoms with Crippen molar-refractivity contribution in [2.24, 2.45) is 0 Å². The molecule has 1 aromatic heterocycles. The first kappa shape index (κ1) is 20.1. The van der Waals surface area contributed by atoms with Crippen LogP contribution in [0.5, 0.6) is 0 Å². The normalized spacial score (nSPS) is 11.8. The van der Waals surface area contributed by atoms with E-state index < -0.39 is 10.0 Å². The van der Waals surface area contributed by atoms with Gasteiger partial charge in [0.05, 0.1) is 6.26 Å². The molecule has 0 saturated carbocycles. The molecule has 0 unspecified atom stereocenters. The molecule has 0 atom stereocenters. The highest BCUT2D eigenvalue weighted by atomic mass is 32.2. The molecule has 6 nitrogen and oxygen atoms in total. The van der Waals surface area contributed by atoms with E-state index in [9.17, 15) is 13.2 Å². The molecule has 148 valence electrons. The Hall–Kier alpha value is -2.64. The van der Waals surface area contributed by atoms with Gasteiger partial charge in [-0.3, -0.25) is 4.79 Å². The van der Waals surface area contributed by atoms with E-state index in [0.29, 0.717) is 6.54 Å². The van der Waals surface area contributed by atoms with Crippen molar-refractivity contribution in [2.75, 3.05) is 19.3 Å². The largest absolute Gasteiger partial charge is 0.361 e. The summed E-state index contributed by atoms with van der Waals surface area (Å²) in [6, 6.07) is 17.4. The maximum atomic E-state index is 12.2. The molecule has 0 radical (unpaired) electrons. The molecule has 1 amide bonds. The van der Waals surface area contributed by atoms with Crippen LogP contribution in [0.2, 0.25) is 0 Å². The Morgan fingerprint density at radius 2 is 1.79 bits per heavy atom. The van der Waals surface area contributed by atoms with Gasteiger partial charge < -0.3 is 10.3 Å². The Bertz CT molecular complexity index is 1030. The van der Waals surface area contributed by atoms with Gasteiger partial charge in [-0.25, -0.2) is 8.42 Å². The minimum atomic E-state index is -3.39. The lowest BCUT2D eigenvalue weighted by Gasteiger charge is -2.19. The molecule has 0 fully saturated rings. The second kappa shape index (κ2) is 9.03. The fourth-order valence-electron chi connectivity index (χ4n) is 3.14. The number of nitrogens with zero attached hydrogens (tertiary/aromatic N) is 1. The molecular weight excluding hydrogens is 374 g/mol. The highest BCUT2D eigenvalue weighted by Crippen LogP contribution is 2.17. The molecule has 2 N–H and O–H groups in total. The first-order valence-corrected chi connectivity index (χ1v) is 11.1. The third-order valence-corrected chi connectivity index (χ3v) is 5.90. The monoisotopic (exact) mass is 399 g/mol. The number of aromatic amines is 1. The first-order chi connectivity index (χ1) is 13.4. The second-order valence-electron chi connectivity index (χ2n) is 6.79. The maximum absolute atomic E-state index is 12.2. The molecule has 7 heteroatoms. The van der Waals surface area contributed by atoms with E-state index in [-0.39, 0.29) is 25.4 Å². The lowest BCUT2D eigenvalue weighted by atomic mass is 10.1. The highest BCUT2D eigenvalue weighted by Gasteiger charge is 2.18. The number of hydrogen-bond acceptors (Lipinski definition) is 3. The quantitative estimate of drug-likeness (QED) is 0.580. The van der Waals surface area contributed by atoms with Crippen LogP contribution in [0.1, 0.15) is 17.5 Å². The van der Waals surface area contributed by atoms with Crippen LogP contribution in [0.15, 0.2) is 60.8 Å². The van der Waals surface area contributed by atoms with Crippen molar-refractivity contribution in [2.45, 2.75) is 19.4 Å². The van der Waals surface area contributed by atoms with E-state index >= 15 is 0 Å². The molecule has 1 heterocycles. The molecular formula is C21H25N3O3S. The van der Waals surface area contributed by atoms with Gasteiger partial charge in [-0.05, 0) is 23.6 Å². The maximum Gasteiger partial charge on any atom is 0.221 e.